The molecule has 3 aromatic rings. The Balaban J connectivity index is 1.43. The second-order valence-electron chi connectivity index (χ2n) is 5.10. The smallest absolute Gasteiger partial charge is 0.315 e. The number of hydrogen-bond acceptors (Lipinski definition) is 2. The molecule has 2 N–H and O–H groups in total. The predicted octanol–water partition coefficient (Wildman–Crippen LogP) is 3.47. The third-order valence-corrected chi connectivity index (χ3v) is 3.43. The molecule has 0 saturated carbocycles. The highest BCUT2D eigenvalue weighted by Crippen LogP contribution is 2.18. The van der Waals surface area contributed by atoms with Crippen molar-refractivity contribution in [2.45, 2.75) is 13.0 Å². The van der Waals surface area contributed by atoms with Crippen LogP contribution in [0.3, 0.4) is 0 Å². The maximum absolute atomic E-state index is 11.7. The van der Waals surface area contributed by atoms with Gasteiger partial charge in [-0.1, -0.05) is 48.5 Å². The number of para-hydroxylation sites is 1. The van der Waals surface area contributed by atoms with Crippen molar-refractivity contribution < 1.29 is 9.21 Å². The zero-order valence-electron chi connectivity index (χ0n) is 12.2. The molecule has 0 bridgehead atoms. The Hall–Kier alpha value is -2.75. The van der Waals surface area contributed by atoms with E-state index in [-0.39, 0.29) is 6.03 Å². The molecule has 0 radical (unpaired) electrons. The van der Waals surface area contributed by atoms with Crippen LogP contribution in [0.15, 0.2) is 65.1 Å². The second-order valence-corrected chi connectivity index (χ2v) is 5.10. The molecule has 0 saturated heterocycles. The molecule has 22 heavy (non-hydrogen) atoms. The highest BCUT2D eigenvalue weighted by molar-refractivity contribution is 5.77. The van der Waals surface area contributed by atoms with Gasteiger partial charge in [-0.05, 0) is 17.7 Å². The van der Waals surface area contributed by atoms with Gasteiger partial charge in [-0.15, -0.1) is 0 Å². The Kier molecular flexibility index (Phi) is 4.39. The first-order valence-corrected chi connectivity index (χ1v) is 7.34. The van der Waals surface area contributed by atoms with Crippen LogP contribution >= 0.6 is 0 Å². The van der Waals surface area contributed by atoms with Crippen molar-refractivity contribution in [1.82, 2.24) is 10.6 Å². The summed E-state index contributed by atoms with van der Waals surface area (Å²) in [7, 11) is 0. The average molecular weight is 294 g/mol. The fourth-order valence-electron chi connectivity index (χ4n) is 2.30. The van der Waals surface area contributed by atoms with Crippen LogP contribution in [0, 0.1) is 0 Å². The number of rotatable bonds is 5. The number of carbonyl (C=O) groups is 1. The van der Waals surface area contributed by atoms with E-state index in [4.69, 9.17) is 4.42 Å². The minimum absolute atomic E-state index is 0.167. The van der Waals surface area contributed by atoms with E-state index < -0.39 is 0 Å². The van der Waals surface area contributed by atoms with Gasteiger partial charge in [0.05, 0.1) is 0 Å². The van der Waals surface area contributed by atoms with Crippen molar-refractivity contribution >= 4 is 17.0 Å². The van der Waals surface area contributed by atoms with Crippen molar-refractivity contribution in [3.05, 3.63) is 72.0 Å². The van der Waals surface area contributed by atoms with Crippen molar-refractivity contribution in [2.75, 3.05) is 6.54 Å². The third kappa shape index (κ3) is 3.67. The molecule has 0 aliphatic rings. The summed E-state index contributed by atoms with van der Waals surface area (Å²) in [5, 5.41) is 6.76. The number of fused-ring (bicyclic) bond motifs is 1. The Morgan fingerprint density at radius 2 is 1.73 bits per heavy atom. The molecule has 1 aromatic heterocycles. The van der Waals surface area contributed by atoms with Crippen molar-refractivity contribution in [1.29, 1.82) is 0 Å². The quantitative estimate of drug-likeness (QED) is 0.757. The van der Waals surface area contributed by atoms with E-state index in [2.05, 4.69) is 10.6 Å². The molecule has 3 rings (SSSR count). The Labute approximate surface area is 129 Å². The first-order chi connectivity index (χ1) is 10.8. The van der Waals surface area contributed by atoms with Gasteiger partial charge in [0.1, 0.15) is 11.3 Å². The Morgan fingerprint density at radius 3 is 2.55 bits per heavy atom. The molecular weight excluding hydrogens is 276 g/mol. The molecule has 0 aliphatic heterocycles. The number of amides is 2. The van der Waals surface area contributed by atoms with Crippen LogP contribution in [0.4, 0.5) is 4.79 Å². The van der Waals surface area contributed by atoms with Gasteiger partial charge in [0.15, 0.2) is 0 Å². The lowest BCUT2D eigenvalue weighted by Gasteiger charge is -2.06. The first-order valence-electron chi connectivity index (χ1n) is 7.34. The summed E-state index contributed by atoms with van der Waals surface area (Å²) < 4.78 is 5.71. The van der Waals surface area contributed by atoms with Crippen LogP contribution < -0.4 is 10.6 Å². The molecule has 112 valence electrons. The summed E-state index contributed by atoms with van der Waals surface area (Å²) in [6.45, 7) is 1.07. The predicted molar refractivity (Wildman–Crippen MR) is 86.6 cm³/mol. The Morgan fingerprint density at radius 1 is 0.955 bits per heavy atom. The van der Waals surface area contributed by atoms with Crippen molar-refractivity contribution in [3.8, 4) is 0 Å². The van der Waals surface area contributed by atoms with Crippen LogP contribution in [-0.2, 0) is 13.0 Å². The lowest BCUT2D eigenvalue weighted by atomic mass is 10.2. The number of benzene rings is 2. The molecule has 0 unspecified atom stereocenters. The standard InChI is InChI=1S/C18H18N2O2/c21-18(20-13-14-6-2-1-3-7-14)19-11-10-16-12-15-8-4-5-9-17(15)22-16/h1-9,12H,10-11,13H2,(H2,19,20,21). The molecule has 0 fully saturated rings. The van der Waals surface area contributed by atoms with Gasteiger partial charge in [-0.2, -0.15) is 0 Å². The van der Waals surface area contributed by atoms with Crippen LogP contribution in [0.1, 0.15) is 11.3 Å². The van der Waals surface area contributed by atoms with E-state index in [1.807, 2.05) is 60.7 Å². The summed E-state index contributed by atoms with van der Waals surface area (Å²) in [5.74, 6) is 0.879. The van der Waals surface area contributed by atoms with Crippen molar-refractivity contribution in [3.63, 3.8) is 0 Å². The maximum atomic E-state index is 11.7. The van der Waals surface area contributed by atoms with Crippen LogP contribution in [0.5, 0.6) is 0 Å². The first kappa shape index (κ1) is 14.2. The lowest BCUT2D eigenvalue weighted by Crippen LogP contribution is -2.36. The van der Waals surface area contributed by atoms with E-state index in [1.165, 1.54) is 0 Å². The molecule has 0 aliphatic carbocycles. The lowest BCUT2D eigenvalue weighted by molar-refractivity contribution is 0.240. The zero-order chi connectivity index (χ0) is 15.2. The van der Waals surface area contributed by atoms with Gasteiger partial charge in [0, 0.05) is 24.9 Å². The van der Waals surface area contributed by atoms with Crippen molar-refractivity contribution in [2.24, 2.45) is 0 Å². The molecule has 0 spiro atoms. The van der Waals surface area contributed by atoms with Gasteiger partial charge in [-0.3, -0.25) is 0 Å². The highest BCUT2D eigenvalue weighted by atomic mass is 16.3. The third-order valence-electron chi connectivity index (χ3n) is 3.43. The largest absolute Gasteiger partial charge is 0.461 e. The molecular formula is C18H18N2O2. The van der Waals surface area contributed by atoms with Gasteiger partial charge in [0.25, 0.3) is 0 Å². The molecule has 0 atom stereocenters. The van der Waals surface area contributed by atoms with Crippen LogP contribution in [0.25, 0.3) is 11.0 Å². The van der Waals surface area contributed by atoms with E-state index in [9.17, 15) is 4.79 Å². The zero-order valence-corrected chi connectivity index (χ0v) is 12.2. The highest BCUT2D eigenvalue weighted by Gasteiger charge is 2.04. The average Bonchev–Trinajstić information content (AvgIpc) is 2.96. The molecule has 4 nitrogen and oxygen atoms in total. The minimum Gasteiger partial charge on any atom is -0.461 e. The van der Waals surface area contributed by atoms with E-state index in [0.717, 1.165) is 22.3 Å². The van der Waals surface area contributed by atoms with E-state index in [0.29, 0.717) is 19.5 Å². The van der Waals surface area contributed by atoms with Crippen LogP contribution in [0.2, 0.25) is 0 Å². The summed E-state index contributed by atoms with van der Waals surface area (Å²) in [4.78, 5) is 11.7. The topological polar surface area (TPSA) is 54.3 Å². The number of nitrogens with one attached hydrogen (secondary N) is 2. The monoisotopic (exact) mass is 294 g/mol. The van der Waals surface area contributed by atoms with E-state index in [1.54, 1.807) is 0 Å². The minimum atomic E-state index is -0.167. The maximum Gasteiger partial charge on any atom is 0.315 e. The number of hydrogen-bond donors (Lipinski definition) is 2. The van der Waals surface area contributed by atoms with Gasteiger partial charge in [0.2, 0.25) is 0 Å². The van der Waals surface area contributed by atoms with E-state index >= 15 is 0 Å². The molecule has 4 heteroatoms. The number of furan rings is 1. The summed E-state index contributed by atoms with van der Waals surface area (Å²) >= 11 is 0. The molecule has 2 amide bonds. The molecule has 1 heterocycles. The Bertz CT molecular complexity index is 717. The number of carbonyl (C=O) groups excluding carboxylic acids is 1. The molecule has 2 aromatic carbocycles. The summed E-state index contributed by atoms with van der Waals surface area (Å²) in [6, 6.07) is 19.6. The fourth-order valence-corrected chi connectivity index (χ4v) is 2.30. The summed E-state index contributed by atoms with van der Waals surface area (Å²) in [5.41, 5.74) is 1.96. The number of urea groups is 1. The van der Waals surface area contributed by atoms with Gasteiger partial charge in [-0.25, -0.2) is 4.79 Å². The normalized spacial score (nSPS) is 10.5. The fraction of sp³-hybridized carbons (Fsp3) is 0.167. The SMILES string of the molecule is O=C(NCCc1cc2ccccc2o1)NCc1ccccc1. The second kappa shape index (κ2) is 6.80. The van der Waals surface area contributed by atoms with Crippen LogP contribution in [-0.4, -0.2) is 12.6 Å². The van der Waals surface area contributed by atoms with Gasteiger partial charge >= 0.3 is 6.03 Å². The summed E-state index contributed by atoms with van der Waals surface area (Å²) in [6.07, 6.45) is 0.674. The van der Waals surface area contributed by atoms with Gasteiger partial charge < -0.3 is 15.1 Å².